The van der Waals surface area contributed by atoms with Crippen molar-refractivity contribution in [1.29, 1.82) is 0 Å². The first-order valence-electron chi connectivity index (χ1n) is 4.47. The van der Waals surface area contributed by atoms with E-state index in [1.807, 2.05) is 0 Å². The van der Waals surface area contributed by atoms with E-state index in [0.29, 0.717) is 19.4 Å². The minimum Gasteiger partial charge on any atom is -0.396 e. The second-order valence-electron chi connectivity index (χ2n) is 3.19. The molecule has 1 amide bonds. The fraction of sp³-hybridized carbons (Fsp3) is 0.875. The molecule has 0 rings (SSSR count). The molecule has 14 heavy (non-hydrogen) atoms. The lowest BCUT2D eigenvalue weighted by molar-refractivity contribution is -0.120. The molecule has 0 aromatic carbocycles. The van der Waals surface area contributed by atoms with Gasteiger partial charge in [0.25, 0.3) is 0 Å². The van der Waals surface area contributed by atoms with Gasteiger partial charge in [-0.15, -0.1) is 0 Å². The van der Waals surface area contributed by atoms with Crippen LogP contribution in [0, 0.1) is 0 Å². The van der Waals surface area contributed by atoms with E-state index in [4.69, 9.17) is 5.11 Å². The van der Waals surface area contributed by atoms with Crippen molar-refractivity contribution in [2.45, 2.75) is 25.0 Å². The monoisotopic (exact) mass is 223 g/mol. The number of aliphatic hydroxyl groups excluding tert-OH is 1. The highest BCUT2D eigenvalue weighted by Crippen LogP contribution is 1.97. The van der Waals surface area contributed by atoms with Gasteiger partial charge >= 0.3 is 0 Å². The standard InChI is InChI=1S/C8H17NO4S/c1-7(14(2,12)13)8(11)9-5-3-4-6-10/h7,10H,3-6H2,1-2H3,(H,9,11). The van der Waals surface area contributed by atoms with Crippen molar-refractivity contribution < 1.29 is 18.3 Å². The highest BCUT2D eigenvalue weighted by Gasteiger charge is 2.22. The summed E-state index contributed by atoms with van der Waals surface area (Å²) in [5.74, 6) is -0.481. The number of aliphatic hydroxyl groups is 1. The molecule has 0 bridgehead atoms. The lowest BCUT2D eigenvalue weighted by Gasteiger charge is -2.09. The van der Waals surface area contributed by atoms with Crippen LogP contribution in [-0.2, 0) is 14.6 Å². The quantitative estimate of drug-likeness (QED) is 0.584. The normalized spacial score (nSPS) is 13.6. The van der Waals surface area contributed by atoms with Gasteiger partial charge in [0, 0.05) is 19.4 Å². The number of rotatable bonds is 6. The highest BCUT2D eigenvalue weighted by atomic mass is 32.2. The van der Waals surface area contributed by atoms with E-state index in [1.54, 1.807) is 0 Å². The van der Waals surface area contributed by atoms with E-state index in [0.717, 1.165) is 6.26 Å². The zero-order valence-electron chi connectivity index (χ0n) is 8.49. The average molecular weight is 223 g/mol. The maximum Gasteiger partial charge on any atom is 0.238 e. The van der Waals surface area contributed by atoms with Crippen LogP contribution in [0.3, 0.4) is 0 Å². The van der Waals surface area contributed by atoms with Gasteiger partial charge in [0.05, 0.1) is 0 Å². The number of hydrogen-bond donors (Lipinski definition) is 2. The van der Waals surface area contributed by atoms with Crippen molar-refractivity contribution in [1.82, 2.24) is 5.32 Å². The molecule has 0 radical (unpaired) electrons. The van der Waals surface area contributed by atoms with Crippen molar-refractivity contribution in [2.24, 2.45) is 0 Å². The number of unbranched alkanes of at least 4 members (excludes halogenated alkanes) is 1. The molecule has 0 aliphatic carbocycles. The predicted octanol–water partition coefficient (Wildman–Crippen LogP) is -0.692. The molecule has 6 heteroatoms. The molecule has 0 aromatic heterocycles. The van der Waals surface area contributed by atoms with Gasteiger partial charge in [-0.3, -0.25) is 4.79 Å². The predicted molar refractivity (Wildman–Crippen MR) is 53.6 cm³/mol. The summed E-state index contributed by atoms with van der Waals surface area (Å²) in [5.41, 5.74) is 0. The van der Waals surface area contributed by atoms with Crippen LogP contribution in [0.4, 0.5) is 0 Å². The second-order valence-corrected chi connectivity index (χ2v) is 5.56. The molecular formula is C8H17NO4S. The van der Waals surface area contributed by atoms with Gasteiger partial charge in [0.15, 0.2) is 9.84 Å². The molecular weight excluding hydrogens is 206 g/mol. The Morgan fingerprint density at radius 3 is 2.43 bits per heavy atom. The SMILES string of the molecule is CC(C(=O)NCCCCO)S(C)(=O)=O. The van der Waals surface area contributed by atoms with Crippen molar-refractivity contribution in [2.75, 3.05) is 19.4 Å². The Morgan fingerprint density at radius 2 is 2.00 bits per heavy atom. The van der Waals surface area contributed by atoms with Crippen molar-refractivity contribution in [3.8, 4) is 0 Å². The van der Waals surface area contributed by atoms with Crippen LogP contribution in [0.25, 0.3) is 0 Å². The molecule has 0 aliphatic heterocycles. The summed E-state index contributed by atoms with van der Waals surface area (Å²) < 4.78 is 21.9. The third-order valence-electron chi connectivity index (χ3n) is 1.90. The Kier molecular flexibility index (Phi) is 5.71. The molecule has 0 heterocycles. The minimum atomic E-state index is -3.31. The smallest absolute Gasteiger partial charge is 0.238 e. The van der Waals surface area contributed by atoms with Crippen LogP contribution >= 0.6 is 0 Å². The maximum absolute atomic E-state index is 11.2. The number of sulfone groups is 1. The molecule has 84 valence electrons. The highest BCUT2D eigenvalue weighted by molar-refractivity contribution is 7.92. The van der Waals surface area contributed by atoms with Gasteiger partial charge in [0.1, 0.15) is 5.25 Å². The molecule has 0 saturated carbocycles. The summed E-state index contributed by atoms with van der Waals surface area (Å²) in [6, 6.07) is 0. The Hall–Kier alpha value is -0.620. The molecule has 5 nitrogen and oxygen atoms in total. The van der Waals surface area contributed by atoms with Gasteiger partial charge < -0.3 is 10.4 Å². The first kappa shape index (κ1) is 13.4. The Bertz CT molecular complexity index is 273. The molecule has 0 spiro atoms. The van der Waals surface area contributed by atoms with Crippen LogP contribution in [0.15, 0.2) is 0 Å². The largest absolute Gasteiger partial charge is 0.396 e. The molecule has 0 aromatic rings. The third kappa shape index (κ3) is 5.18. The number of hydrogen-bond acceptors (Lipinski definition) is 4. The van der Waals surface area contributed by atoms with Gasteiger partial charge in [-0.1, -0.05) is 0 Å². The zero-order chi connectivity index (χ0) is 11.2. The molecule has 1 unspecified atom stereocenters. The Labute approximate surface area is 84.4 Å². The summed E-state index contributed by atoms with van der Waals surface area (Å²) in [5, 5.41) is 9.95. The van der Waals surface area contributed by atoms with Gasteiger partial charge in [0.2, 0.25) is 5.91 Å². The molecule has 0 aliphatic rings. The Morgan fingerprint density at radius 1 is 1.43 bits per heavy atom. The lowest BCUT2D eigenvalue weighted by Crippen LogP contribution is -2.37. The van der Waals surface area contributed by atoms with Crippen molar-refractivity contribution >= 4 is 15.7 Å². The molecule has 0 fully saturated rings. The number of nitrogens with one attached hydrogen (secondary N) is 1. The summed E-state index contributed by atoms with van der Waals surface area (Å²) in [7, 11) is -3.31. The zero-order valence-corrected chi connectivity index (χ0v) is 9.30. The van der Waals surface area contributed by atoms with Gasteiger partial charge in [-0.05, 0) is 19.8 Å². The van der Waals surface area contributed by atoms with E-state index < -0.39 is 21.0 Å². The fourth-order valence-electron chi connectivity index (χ4n) is 0.787. The molecule has 2 N–H and O–H groups in total. The number of carbonyl (C=O) groups is 1. The topological polar surface area (TPSA) is 83.5 Å². The van der Waals surface area contributed by atoms with Gasteiger partial charge in [-0.25, -0.2) is 8.42 Å². The van der Waals surface area contributed by atoms with Crippen LogP contribution in [0.1, 0.15) is 19.8 Å². The number of amides is 1. The lowest BCUT2D eigenvalue weighted by atomic mass is 10.3. The molecule has 1 atom stereocenters. The average Bonchev–Trinajstić information content (AvgIpc) is 2.09. The summed E-state index contributed by atoms with van der Waals surface area (Å²) in [4.78, 5) is 11.2. The minimum absolute atomic E-state index is 0.0809. The van der Waals surface area contributed by atoms with E-state index in [2.05, 4.69) is 5.32 Å². The van der Waals surface area contributed by atoms with Crippen LogP contribution < -0.4 is 5.32 Å². The third-order valence-corrected chi connectivity index (χ3v) is 3.39. The first-order valence-corrected chi connectivity index (χ1v) is 6.42. The summed E-state index contributed by atoms with van der Waals surface area (Å²) in [6.45, 7) is 1.84. The Balaban J connectivity index is 3.86. The van der Waals surface area contributed by atoms with E-state index >= 15 is 0 Å². The van der Waals surface area contributed by atoms with Crippen LogP contribution in [0.2, 0.25) is 0 Å². The van der Waals surface area contributed by atoms with E-state index in [9.17, 15) is 13.2 Å². The van der Waals surface area contributed by atoms with Gasteiger partial charge in [-0.2, -0.15) is 0 Å². The fourth-order valence-corrected chi connectivity index (χ4v) is 1.26. The molecule has 0 saturated heterocycles. The van der Waals surface area contributed by atoms with Crippen LogP contribution in [0.5, 0.6) is 0 Å². The first-order chi connectivity index (χ1) is 6.39. The maximum atomic E-state index is 11.2. The second kappa shape index (κ2) is 5.98. The summed E-state index contributed by atoms with van der Waals surface area (Å²) in [6.07, 6.45) is 2.29. The summed E-state index contributed by atoms with van der Waals surface area (Å²) >= 11 is 0. The van der Waals surface area contributed by atoms with E-state index in [-0.39, 0.29) is 6.61 Å². The van der Waals surface area contributed by atoms with Crippen molar-refractivity contribution in [3.05, 3.63) is 0 Å². The van der Waals surface area contributed by atoms with E-state index in [1.165, 1.54) is 6.92 Å². The van der Waals surface area contributed by atoms with Crippen LogP contribution in [-0.4, -0.2) is 44.1 Å². The van der Waals surface area contributed by atoms with Crippen molar-refractivity contribution in [3.63, 3.8) is 0 Å². The number of carbonyl (C=O) groups excluding carboxylic acids is 1.